The third-order valence-corrected chi connectivity index (χ3v) is 3.38. The number of nitrogens with one attached hydrogen (secondary N) is 1. The topological polar surface area (TPSA) is 58.6 Å². The molecule has 4 nitrogen and oxygen atoms in total. The Morgan fingerprint density at radius 1 is 1.33 bits per heavy atom. The predicted molar refractivity (Wildman–Crippen MR) is 69.8 cm³/mol. The Hall–Kier alpha value is -1.55. The Morgan fingerprint density at radius 2 is 1.94 bits per heavy atom. The molecule has 1 unspecified atom stereocenters. The van der Waals surface area contributed by atoms with E-state index in [0.29, 0.717) is 13.2 Å². The second-order valence-corrected chi connectivity index (χ2v) is 4.78. The van der Waals surface area contributed by atoms with Crippen LogP contribution in [-0.4, -0.2) is 30.3 Å². The van der Waals surface area contributed by atoms with E-state index in [1.807, 2.05) is 31.2 Å². The van der Waals surface area contributed by atoms with Gasteiger partial charge in [0.2, 0.25) is 0 Å². The van der Waals surface area contributed by atoms with Gasteiger partial charge in [0.25, 0.3) is 0 Å². The molecule has 98 valence electrons. The third-order valence-electron chi connectivity index (χ3n) is 3.38. The van der Waals surface area contributed by atoms with Crippen LogP contribution >= 0.6 is 0 Å². The summed E-state index contributed by atoms with van der Waals surface area (Å²) in [5.41, 5.74) is 2.03. The van der Waals surface area contributed by atoms with Gasteiger partial charge in [0.15, 0.2) is 0 Å². The van der Waals surface area contributed by atoms with Crippen LogP contribution in [-0.2, 0) is 9.53 Å². The first kappa shape index (κ1) is 12.9. The molecular formula is C14H19NO3. The van der Waals surface area contributed by atoms with E-state index in [1.54, 1.807) is 0 Å². The highest BCUT2D eigenvalue weighted by Crippen LogP contribution is 2.22. The van der Waals surface area contributed by atoms with E-state index in [-0.39, 0.29) is 5.92 Å². The quantitative estimate of drug-likeness (QED) is 0.859. The molecule has 1 aliphatic heterocycles. The fraction of sp³-hybridized carbons (Fsp3) is 0.500. The average molecular weight is 249 g/mol. The molecule has 0 aromatic heterocycles. The van der Waals surface area contributed by atoms with Crippen molar-refractivity contribution in [3.05, 3.63) is 29.8 Å². The van der Waals surface area contributed by atoms with Gasteiger partial charge in [-0.2, -0.15) is 0 Å². The molecule has 0 saturated carbocycles. The second-order valence-electron chi connectivity index (χ2n) is 4.78. The largest absolute Gasteiger partial charge is 0.480 e. The molecule has 2 rings (SSSR count). The molecule has 0 radical (unpaired) electrons. The van der Waals surface area contributed by atoms with Crippen LogP contribution in [0.1, 0.15) is 18.4 Å². The van der Waals surface area contributed by atoms with E-state index in [1.165, 1.54) is 5.56 Å². The van der Waals surface area contributed by atoms with Gasteiger partial charge in [-0.3, -0.25) is 0 Å². The molecule has 0 spiro atoms. The first-order valence-corrected chi connectivity index (χ1v) is 6.30. The van der Waals surface area contributed by atoms with Crippen LogP contribution in [0, 0.1) is 12.8 Å². The van der Waals surface area contributed by atoms with Crippen molar-refractivity contribution in [2.24, 2.45) is 5.92 Å². The van der Waals surface area contributed by atoms with Crippen molar-refractivity contribution in [1.29, 1.82) is 0 Å². The summed E-state index contributed by atoms with van der Waals surface area (Å²) in [5.74, 6) is -0.653. The first-order chi connectivity index (χ1) is 8.66. The summed E-state index contributed by atoms with van der Waals surface area (Å²) in [6.07, 6.45) is 1.60. The number of hydrogen-bond acceptors (Lipinski definition) is 3. The molecular weight excluding hydrogens is 230 g/mol. The van der Waals surface area contributed by atoms with Crippen LogP contribution in [0.25, 0.3) is 0 Å². The van der Waals surface area contributed by atoms with E-state index in [4.69, 9.17) is 4.74 Å². The Bertz CT molecular complexity index is 396. The minimum atomic E-state index is -0.789. The van der Waals surface area contributed by atoms with Crippen molar-refractivity contribution in [2.75, 3.05) is 18.5 Å². The molecule has 1 heterocycles. The summed E-state index contributed by atoms with van der Waals surface area (Å²) in [4.78, 5) is 11.4. The third kappa shape index (κ3) is 3.23. The summed E-state index contributed by atoms with van der Waals surface area (Å²) >= 11 is 0. The van der Waals surface area contributed by atoms with Gasteiger partial charge in [-0.1, -0.05) is 17.7 Å². The molecule has 1 aromatic carbocycles. The van der Waals surface area contributed by atoms with Gasteiger partial charge in [0.05, 0.1) is 0 Å². The molecule has 0 aliphatic carbocycles. The lowest BCUT2D eigenvalue weighted by molar-refractivity contribution is -0.140. The van der Waals surface area contributed by atoms with Gasteiger partial charge in [0, 0.05) is 18.9 Å². The molecule has 1 fully saturated rings. The molecule has 4 heteroatoms. The molecule has 1 aromatic rings. The minimum absolute atomic E-state index is 0.137. The van der Waals surface area contributed by atoms with Crippen LogP contribution in [0.5, 0.6) is 0 Å². The molecule has 2 N–H and O–H groups in total. The van der Waals surface area contributed by atoms with Crippen LogP contribution in [0.15, 0.2) is 24.3 Å². The van der Waals surface area contributed by atoms with Crippen molar-refractivity contribution in [1.82, 2.24) is 0 Å². The molecule has 0 bridgehead atoms. The summed E-state index contributed by atoms with van der Waals surface area (Å²) in [7, 11) is 0. The zero-order valence-corrected chi connectivity index (χ0v) is 10.6. The van der Waals surface area contributed by atoms with Gasteiger partial charge in [-0.05, 0) is 37.8 Å². The van der Waals surface area contributed by atoms with E-state index in [0.717, 1.165) is 18.5 Å². The lowest BCUT2D eigenvalue weighted by Gasteiger charge is -2.28. The molecule has 1 saturated heterocycles. The van der Waals surface area contributed by atoms with Crippen molar-refractivity contribution in [3.8, 4) is 0 Å². The maximum absolute atomic E-state index is 11.4. The van der Waals surface area contributed by atoms with Crippen molar-refractivity contribution >= 4 is 11.7 Å². The smallest absolute Gasteiger partial charge is 0.326 e. The maximum atomic E-state index is 11.4. The van der Waals surface area contributed by atoms with Gasteiger partial charge >= 0.3 is 5.97 Å². The molecule has 1 aliphatic rings. The van der Waals surface area contributed by atoms with Crippen molar-refractivity contribution < 1.29 is 14.6 Å². The average Bonchev–Trinajstić information content (AvgIpc) is 2.38. The Morgan fingerprint density at radius 3 is 2.50 bits per heavy atom. The van der Waals surface area contributed by atoms with Crippen LogP contribution in [0.4, 0.5) is 5.69 Å². The van der Waals surface area contributed by atoms with Crippen LogP contribution in [0.3, 0.4) is 0 Å². The number of ether oxygens (including phenoxy) is 1. The minimum Gasteiger partial charge on any atom is -0.480 e. The number of hydrogen-bond donors (Lipinski definition) is 2. The van der Waals surface area contributed by atoms with Gasteiger partial charge < -0.3 is 15.2 Å². The van der Waals surface area contributed by atoms with E-state index in [2.05, 4.69) is 5.32 Å². The summed E-state index contributed by atoms with van der Waals surface area (Å²) in [6, 6.07) is 7.27. The number of benzene rings is 1. The van der Waals surface area contributed by atoms with Crippen LogP contribution in [0.2, 0.25) is 0 Å². The van der Waals surface area contributed by atoms with E-state index >= 15 is 0 Å². The first-order valence-electron chi connectivity index (χ1n) is 6.30. The zero-order valence-electron chi connectivity index (χ0n) is 10.6. The van der Waals surface area contributed by atoms with Crippen LogP contribution < -0.4 is 5.32 Å². The highest BCUT2D eigenvalue weighted by Gasteiger charge is 2.29. The fourth-order valence-corrected chi connectivity index (χ4v) is 2.26. The Kier molecular flexibility index (Phi) is 4.20. The Balaban J connectivity index is 2.05. The standard InChI is InChI=1S/C14H19NO3/c1-10-2-4-12(5-3-10)15-13(14(16)17)11-6-8-18-9-7-11/h2-5,11,13,15H,6-9H2,1H3,(H,16,17). The summed E-state index contributed by atoms with van der Waals surface area (Å²) in [5, 5.41) is 12.5. The summed E-state index contributed by atoms with van der Waals surface area (Å²) in [6.45, 7) is 3.32. The number of carboxylic acid groups (broad SMARTS) is 1. The van der Waals surface area contributed by atoms with Gasteiger partial charge in [-0.25, -0.2) is 4.79 Å². The molecule has 18 heavy (non-hydrogen) atoms. The number of aryl methyl sites for hydroxylation is 1. The zero-order chi connectivity index (χ0) is 13.0. The van der Waals surface area contributed by atoms with Gasteiger partial charge in [-0.15, -0.1) is 0 Å². The SMILES string of the molecule is Cc1ccc(NC(C(=O)O)C2CCOCC2)cc1. The number of carbonyl (C=O) groups is 1. The highest BCUT2D eigenvalue weighted by molar-refractivity contribution is 5.77. The van der Waals surface area contributed by atoms with Crippen molar-refractivity contribution in [3.63, 3.8) is 0 Å². The highest BCUT2D eigenvalue weighted by atomic mass is 16.5. The van der Waals surface area contributed by atoms with Gasteiger partial charge in [0.1, 0.15) is 6.04 Å². The van der Waals surface area contributed by atoms with Crippen molar-refractivity contribution in [2.45, 2.75) is 25.8 Å². The second kappa shape index (κ2) is 5.87. The summed E-state index contributed by atoms with van der Waals surface area (Å²) < 4.78 is 5.27. The normalized spacial score (nSPS) is 18.3. The lowest BCUT2D eigenvalue weighted by atomic mass is 9.91. The number of aliphatic carboxylic acids is 1. The Labute approximate surface area is 107 Å². The van der Waals surface area contributed by atoms with E-state index < -0.39 is 12.0 Å². The molecule has 0 amide bonds. The monoisotopic (exact) mass is 249 g/mol. The number of anilines is 1. The molecule has 1 atom stereocenters. The van der Waals surface area contributed by atoms with E-state index in [9.17, 15) is 9.90 Å². The lowest BCUT2D eigenvalue weighted by Crippen LogP contribution is -2.39. The fourth-order valence-electron chi connectivity index (χ4n) is 2.26. The maximum Gasteiger partial charge on any atom is 0.326 e. The predicted octanol–water partition coefficient (Wildman–Crippen LogP) is 2.29. The number of rotatable bonds is 4. The number of carboxylic acids is 1.